The highest BCUT2D eigenvalue weighted by Crippen LogP contribution is 2.22. The van der Waals surface area contributed by atoms with E-state index < -0.39 is 23.6 Å². The first-order valence-corrected chi connectivity index (χ1v) is 7.44. The Bertz CT molecular complexity index is 718. The van der Waals surface area contributed by atoms with E-state index >= 15 is 0 Å². The van der Waals surface area contributed by atoms with Gasteiger partial charge in [0.25, 0.3) is 0 Å². The zero-order valence-electron chi connectivity index (χ0n) is 13.5. The standard InChI is InChI=1S/C18H21NO4/c1-18(2,3)23-17(22)19-11-15(16(20)21)14-9-8-12-6-4-5-7-13(12)10-14/h4-10,15H,11H2,1-3H3,(H,19,22)(H,20,21)/t15-/m1/s1. The summed E-state index contributed by atoms with van der Waals surface area (Å²) in [5, 5.41) is 14.0. The van der Waals surface area contributed by atoms with Crippen molar-refractivity contribution in [2.45, 2.75) is 32.3 Å². The summed E-state index contributed by atoms with van der Waals surface area (Å²) in [6.07, 6.45) is -0.621. The Labute approximate surface area is 135 Å². The van der Waals surface area contributed by atoms with Crippen LogP contribution in [0.2, 0.25) is 0 Å². The number of rotatable bonds is 4. The number of carbonyl (C=O) groups excluding carboxylic acids is 1. The highest BCUT2D eigenvalue weighted by molar-refractivity contribution is 5.85. The first kappa shape index (κ1) is 16.8. The Morgan fingerprint density at radius 1 is 1.13 bits per heavy atom. The molecule has 0 unspecified atom stereocenters. The van der Waals surface area contributed by atoms with E-state index in [0.29, 0.717) is 5.56 Å². The lowest BCUT2D eigenvalue weighted by Gasteiger charge is -2.21. The predicted octanol–water partition coefficient (Wildman–Crippen LogP) is 3.53. The van der Waals surface area contributed by atoms with Crippen LogP contribution in [-0.4, -0.2) is 29.3 Å². The molecule has 0 saturated carbocycles. The number of nitrogens with one attached hydrogen (secondary N) is 1. The molecule has 5 heteroatoms. The summed E-state index contributed by atoms with van der Waals surface area (Å²) in [7, 11) is 0. The highest BCUT2D eigenvalue weighted by Gasteiger charge is 2.23. The average molecular weight is 315 g/mol. The molecular formula is C18H21NO4. The number of amides is 1. The molecule has 0 aromatic heterocycles. The third-order valence-corrected chi connectivity index (χ3v) is 3.32. The highest BCUT2D eigenvalue weighted by atomic mass is 16.6. The summed E-state index contributed by atoms with van der Waals surface area (Å²) in [6, 6.07) is 13.2. The van der Waals surface area contributed by atoms with E-state index in [-0.39, 0.29) is 6.54 Å². The number of ether oxygens (including phenoxy) is 1. The van der Waals surface area contributed by atoms with Gasteiger partial charge in [-0.15, -0.1) is 0 Å². The van der Waals surface area contributed by atoms with E-state index in [4.69, 9.17) is 4.74 Å². The number of hydrogen-bond acceptors (Lipinski definition) is 3. The largest absolute Gasteiger partial charge is 0.481 e. The summed E-state index contributed by atoms with van der Waals surface area (Å²) in [4.78, 5) is 23.2. The molecule has 2 aromatic carbocycles. The molecule has 0 aliphatic carbocycles. The fraction of sp³-hybridized carbons (Fsp3) is 0.333. The van der Waals surface area contributed by atoms with Crippen LogP contribution in [0.3, 0.4) is 0 Å². The van der Waals surface area contributed by atoms with Crippen LogP contribution in [0.5, 0.6) is 0 Å². The van der Waals surface area contributed by atoms with E-state index in [9.17, 15) is 14.7 Å². The molecule has 0 radical (unpaired) electrons. The van der Waals surface area contributed by atoms with Crippen molar-refractivity contribution in [3.63, 3.8) is 0 Å². The first-order valence-electron chi connectivity index (χ1n) is 7.44. The molecule has 5 nitrogen and oxygen atoms in total. The first-order chi connectivity index (χ1) is 10.8. The normalized spacial score (nSPS) is 12.7. The SMILES string of the molecule is CC(C)(C)OC(=O)NC[C@@H](C(=O)O)c1ccc2ccccc2c1. The maximum atomic E-state index is 11.7. The summed E-state index contributed by atoms with van der Waals surface area (Å²) in [5.41, 5.74) is 0.0263. The van der Waals surface area contributed by atoms with Crippen LogP contribution in [-0.2, 0) is 9.53 Å². The molecular weight excluding hydrogens is 294 g/mol. The molecule has 2 aromatic rings. The lowest BCUT2D eigenvalue weighted by molar-refractivity contribution is -0.138. The van der Waals surface area contributed by atoms with Crippen LogP contribution in [0.4, 0.5) is 4.79 Å². The van der Waals surface area contributed by atoms with Gasteiger partial charge in [-0.1, -0.05) is 42.5 Å². The second kappa shape index (κ2) is 6.69. The van der Waals surface area contributed by atoms with Crippen molar-refractivity contribution in [1.29, 1.82) is 0 Å². The number of aliphatic carboxylic acids is 1. The van der Waals surface area contributed by atoms with Gasteiger partial charge in [0.1, 0.15) is 5.60 Å². The molecule has 0 saturated heterocycles. The smallest absolute Gasteiger partial charge is 0.407 e. The zero-order chi connectivity index (χ0) is 17.0. The van der Waals surface area contributed by atoms with Gasteiger partial charge in [-0.3, -0.25) is 4.79 Å². The summed E-state index contributed by atoms with van der Waals surface area (Å²) in [6.45, 7) is 5.24. The molecule has 0 spiro atoms. The maximum absolute atomic E-state index is 11.7. The Hall–Kier alpha value is -2.56. The van der Waals surface area contributed by atoms with E-state index in [2.05, 4.69) is 5.32 Å². The van der Waals surface area contributed by atoms with Crippen LogP contribution in [0.25, 0.3) is 10.8 Å². The van der Waals surface area contributed by atoms with Crippen LogP contribution in [0, 0.1) is 0 Å². The van der Waals surface area contributed by atoms with Gasteiger partial charge >= 0.3 is 12.1 Å². The number of benzene rings is 2. The topological polar surface area (TPSA) is 75.6 Å². The number of fused-ring (bicyclic) bond motifs is 1. The zero-order valence-corrected chi connectivity index (χ0v) is 13.5. The van der Waals surface area contributed by atoms with Gasteiger partial charge in [0.05, 0.1) is 5.92 Å². The number of alkyl carbamates (subject to hydrolysis) is 1. The fourth-order valence-corrected chi connectivity index (χ4v) is 2.27. The second-order valence-electron chi connectivity index (χ2n) is 6.38. The van der Waals surface area contributed by atoms with Gasteiger partial charge in [-0.2, -0.15) is 0 Å². The van der Waals surface area contributed by atoms with Gasteiger partial charge in [0.15, 0.2) is 0 Å². The lowest BCUT2D eigenvalue weighted by atomic mass is 9.96. The molecule has 1 atom stereocenters. The van der Waals surface area contributed by atoms with Crippen molar-refractivity contribution >= 4 is 22.8 Å². The van der Waals surface area contributed by atoms with E-state index in [1.807, 2.05) is 36.4 Å². The van der Waals surface area contributed by atoms with Crippen molar-refractivity contribution < 1.29 is 19.4 Å². The minimum absolute atomic E-state index is 0.0252. The lowest BCUT2D eigenvalue weighted by Crippen LogP contribution is -2.36. The van der Waals surface area contributed by atoms with Crippen LogP contribution in [0.1, 0.15) is 32.3 Å². The van der Waals surface area contributed by atoms with Gasteiger partial charge < -0.3 is 15.2 Å². The summed E-state index contributed by atoms with van der Waals surface area (Å²) < 4.78 is 5.13. The van der Waals surface area contributed by atoms with E-state index in [0.717, 1.165) is 10.8 Å². The van der Waals surface area contributed by atoms with Crippen LogP contribution < -0.4 is 5.32 Å². The van der Waals surface area contributed by atoms with Crippen molar-refractivity contribution in [3.05, 3.63) is 48.0 Å². The van der Waals surface area contributed by atoms with E-state index in [1.165, 1.54) is 0 Å². The molecule has 0 bridgehead atoms. The number of carbonyl (C=O) groups is 2. The third kappa shape index (κ3) is 4.71. The summed E-state index contributed by atoms with van der Waals surface area (Å²) in [5.74, 6) is -1.82. The van der Waals surface area contributed by atoms with Crippen molar-refractivity contribution in [2.75, 3.05) is 6.54 Å². The molecule has 0 aliphatic rings. The van der Waals surface area contributed by atoms with Gasteiger partial charge in [-0.25, -0.2) is 4.79 Å². The van der Waals surface area contributed by atoms with Crippen LogP contribution >= 0.6 is 0 Å². The molecule has 0 aliphatic heterocycles. The van der Waals surface area contributed by atoms with Crippen molar-refractivity contribution in [1.82, 2.24) is 5.32 Å². The second-order valence-corrected chi connectivity index (χ2v) is 6.38. The monoisotopic (exact) mass is 315 g/mol. The fourth-order valence-electron chi connectivity index (χ4n) is 2.27. The number of hydrogen-bond donors (Lipinski definition) is 2. The Balaban J connectivity index is 2.14. The number of carboxylic acids is 1. The van der Waals surface area contributed by atoms with Crippen molar-refractivity contribution in [2.24, 2.45) is 0 Å². The Morgan fingerprint density at radius 2 is 1.78 bits per heavy atom. The molecule has 0 heterocycles. The molecule has 0 fully saturated rings. The van der Waals surface area contributed by atoms with Gasteiger partial charge in [-0.05, 0) is 37.1 Å². The van der Waals surface area contributed by atoms with Gasteiger partial charge in [0, 0.05) is 6.54 Å². The summed E-state index contributed by atoms with van der Waals surface area (Å²) >= 11 is 0. The minimum Gasteiger partial charge on any atom is -0.481 e. The Kier molecular flexibility index (Phi) is 4.89. The maximum Gasteiger partial charge on any atom is 0.407 e. The molecule has 2 N–H and O–H groups in total. The van der Waals surface area contributed by atoms with E-state index in [1.54, 1.807) is 26.8 Å². The van der Waals surface area contributed by atoms with Crippen molar-refractivity contribution in [3.8, 4) is 0 Å². The van der Waals surface area contributed by atoms with Gasteiger partial charge in [0.2, 0.25) is 0 Å². The van der Waals surface area contributed by atoms with Crippen LogP contribution in [0.15, 0.2) is 42.5 Å². The minimum atomic E-state index is -0.990. The molecule has 2 rings (SSSR count). The number of carboxylic acid groups (broad SMARTS) is 1. The molecule has 1 amide bonds. The predicted molar refractivity (Wildman–Crippen MR) is 88.6 cm³/mol. The third-order valence-electron chi connectivity index (χ3n) is 3.32. The average Bonchev–Trinajstić information content (AvgIpc) is 2.45. The molecule has 122 valence electrons. The molecule has 23 heavy (non-hydrogen) atoms. The quantitative estimate of drug-likeness (QED) is 0.905. The Morgan fingerprint density at radius 3 is 2.39 bits per heavy atom.